The van der Waals surface area contributed by atoms with Gasteiger partial charge in [0.1, 0.15) is 0 Å². The van der Waals surface area contributed by atoms with Crippen molar-refractivity contribution in [2.75, 3.05) is 31.1 Å². The monoisotopic (exact) mass is 393 g/mol. The summed E-state index contributed by atoms with van der Waals surface area (Å²) in [6.07, 6.45) is 0. The maximum Gasteiger partial charge on any atom is 0.243 e. The summed E-state index contributed by atoms with van der Waals surface area (Å²) in [5.41, 5.74) is 2.96. The van der Waals surface area contributed by atoms with Crippen LogP contribution in [0.2, 0.25) is 0 Å². The molecule has 0 aliphatic carbocycles. The number of piperazine rings is 1. The molecule has 1 aliphatic rings. The molecule has 1 aromatic heterocycles. The highest BCUT2D eigenvalue weighted by molar-refractivity contribution is 7.89. The predicted octanol–water partition coefficient (Wildman–Crippen LogP) is 2.32. The molecule has 0 bridgehead atoms. The van der Waals surface area contributed by atoms with E-state index in [1.165, 1.54) is 28.6 Å². The van der Waals surface area contributed by atoms with Crippen molar-refractivity contribution in [1.82, 2.24) is 14.3 Å². The minimum Gasteiger partial charge on any atom is -0.352 e. The van der Waals surface area contributed by atoms with E-state index in [0.29, 0.717) is 31.7 Å². The Morgan fingerprint density at radius 1 is 0.929 bits per heavy atom. The summed E-state index contributed by atoms with van der Waals surface area (Å²) in [4.78, 5) is 11.6. The van der Waals surface area contributed by atoms with Crippen LogP contribution in [-0.4, -0.2) is 48.9 Å². The van der Waals surface area contributed by atoms with E-state index in [1.807, 2.05) is 37.3 Å². The Hall–Kier alpha value is -3.02. The van der Waals surface area contributed by atoms with Gasteiger partial charge < -0.3 is 4.90 Å². The largest absolute Gasteiger partial charge is 0.352 e. The van der Waals surface area contributed by atoms with E-state index in [0.717, 1.165) is 22.5 Å². The fourth-order valence-corrected chi connectivity index (χ4v) is 4.79. The second-order valence-corrected chi connectivity index (χ2v) is 8.59. The lowest BCUT2D eigenvalue weighted by molar-refractivity contribution is 0.383. The van der Waals surface area contributed by atoms with E-state index in [9.17, 15) is 8.42 Å². The van der Waals surface area contributed by atoms with Crippen LogP contribution >= 0.6 is 0 Å². The molecule has 0 saturated carbocycles. The third-order valence-electron chi connectivity index (χ3n) is 4.88. The summed E-state index contributed by atoms with van der Waals surface area (Å²) in [6.45, 7) is 3.76. The summed E-state index contributed by atoms with van der Waals surface area (Å²) in [6, 6.07) is 15.7. The lowest BCUT2D eigenvalue weighted by atomic mass is 10.2. The lowest BCUT2D eigenvalue weighted by Crippen LogP contribution is -2.49. The molecule has 28 heavy (non-hydrogen) atoms. The molecule has 0 radical (unpaired) electrons. The number of nitrogens with zero attached hydrogens (tertiary/aromatic N) is 5. The van der Waals surface area contributed by atoms with Crippen LogP contribution in [0.1, 0.15) is 11.3 Å². The van der Waals surface area contributed by atoms with Gasteiger partial charge in [-0.3, -0.25) is 0 Å². The van der Waals surface area contributed by atoms with Crippen molar-refractivity contribution in [3.63, 3.8) is 0 Å². The molecule has 3 aromatic rings. The smallest absolute Gasteiger partial charge is 0.243 e. The Morgan fingerprint density at radius 3 is 2.14 bits per heavy atom. The van der Waals surface area contributed by atoms with Crippen molar-refractivity contribution in [2.45, 2.75) is 11.8 Å². The molecular weight excluding hydrogens is 374 g/mol. The first kappa shape index (κ1) is 18.3. The standard InChI is InChI=1S/C20H19N5O2S/c1-15-20(23-19-5-3-2-4-18(19)22-15)24-10-12-25(13-11-24)28(26,27)17-8-6-16(14-21)7-9-17/h2-9H,10-13H2,1H3. The summed E-state index contributed by atoms with van der Waals surface area (Å²) in [5, 5.41) is 8.88. The van der Waals surface area contributed by atoms with Gasteiger partial charge >= 0.3 is 0 Å². The molecule has 0 N–H and O–H groups in total. The van der Waals surface area contributed by atoms with Gasteiger partial charge in [-0.2, -0.15) is 9.57 Å². The number of rotatable bonds is 3. The number of benzene rings is 2. The van der Waals surface area contributed by atoms with Gasteiger partial charge in [-0.15, -0.1) is 0 Å². The molecule has 1 saturated heterocycles. The molecule has 0 spiro atoms. The number of para-hydroxylation sites is 2. The first-order valence-electron chi connectivity index (χ1n) is 8.98. The molecule has 2 aromatic carbocycles. The van der Waals surface area contributed by atoms with Crippen molar-refractivity contribution < 1.29 is 8.42 Å². The molecule has 0 atom stereocenters. The van der Waals surface area contributed by atoms with Crippen LogP contribution in [0.4, 0.5) is 5.82 Å². The first-order chi connectivity index (χ1) is 13.5. The Balaban J connectivity index is 1.53. The number of fused-ring (bicyclic) bond motifs is 1. The quantitative estimate of drug-likeness (QED) is 0.678. The van der Waals surface area contributed by atoms with E-state index >= 15 is 0 Å². The van der Waals surface area contributed by atoms with Crippen LogP contribution in [0.5, 0.6) is 0 Å². The second-order valence-electron chi connectivity index (χ2n) is 6.65. The van der Waals surface area contributed by atoms with Crippen LogP contribution in [0, 0.1) is 18.3 Å². The number of sulfonamides is 1. The van der Waals surface area contributed by atoms with E-state index in [1.54, 1.807) is 0 Å². The Kier molecular flexibility index (Phi) is 4.71. The maximum absolute atomic E-state index is 12.9. The summed E-state index contributed by atoms with van der Waals surface area (Å²) < 4.78 is 27.2. The fraction of sp³-hybridized carbons (Fsp3) is 0.250. The zero-order chi connectivity index (χ0) is 19.7. The van der Waals surface area contributed by atoms with Crippen LogP contribution in [0.3, 0.4) is 0 Å². The SMILES string of the molecule is Cc1nc2ccccc2nc1N1CCN(S(=O)(=O)c2ccc(C#N)cc2)CC1. The predicted molar refractivity (Wildman–Crippen MR) is 106 cm³/mol. The molecule has 0 unspecified atom stereocenters. The van der Waals surface area contributed by atoms with Crippen LogP contribution in [0.15, 0.2) is 53.4 Å². The highest BCUT2D eigenvalue weighted by atomic mass is 32.2. The highest BCUT2D eigenvalue weighted by Gasteiger charge is 2.29. The number of hydrogen-bond donors (Lipinski definition) is 0. The highest BCUT2D eigenvalue weighted by Crippen LogP contribution is 2.23. The van der Waals surface area contributed by atoms with Crippen molar-refractivity contribution >= 4 is 26.9 Å². The summed E-state index contributed by atoms with van der Waals surface area (Å²) in [7, 11) is -3.58. The van der Waals surface area contributed by atoms with Gasteiger partial charge in [0.25, 0.3) is 0 Å². The minimum absolute atomic E-state index is 0.210. The Labute approximate surface area is 163 Å². The van der Waals surface area contributed by atoms with Gasteiger partial charge in [-0.1, -0.05) is 12.1 Å². The zero-order valence-electron chi connectivity index (χ0n) is 15.4. The van der Waals surface area contributed by atoms with Crippen molar-refractivity contribution in [1.29, 1.82) is 5.26 Å². The topological polar surface area (TPSA) is 90.2 Å². The van der Waals surface area contributed by atoms with Crippen LogP contribution < -0.4 is 4.90 Å². The van der Waals surface area contributed by atoms with E-state index in [4.69, 9.17) is 10.2 Å². The van der Waals surface area contributed by atoms with Gasteiger partial charge in [0.15, 0.2) is 5.82 Å². The first-order valence-corrected chi connectivity index (χ1v) is 10.4. The summed E-state index contributed by atoms with van der Waals surface area (Å²) in [5.74, 6) is 0.800. The third kappa shape index (κ3) is 3.30. The number of hydrogen-bond acceptors (Lipinski definition) is 6. The molecule has 1 fully saturated rings. The molecule has 1 aliphatic heterocycles. The van der Waals surface area contributed by atoms with Crippen molar-refractivity contribution in [3.05, 3.63) is 59.8 Å². The Morgan fingerprint density at radius 2 is 1.54 bits per heavy atom. The normalized spacial score (nSPS) is 15.5. The van der Waals surface area contributed by atoms with Gasteiger partial charge in [0.05, 0.1) is 33.3 Å². The number of aryl methyl sites for hydroxylation is 1. The van der Waals surface area contributed by atoms with Crippen LogP contribution in [0.25, 0.3) is 11.0 Å². The van der Waals surface area contributed by atoms with Crippen molar-refractivity contribution in [2.24, 2.45) is 0 Å². The molecule has 2 heterocycles. The molecule has 4 rings (SSSR count). The molecule has 142 valence electrons. The molecule has 0 amide bonds. The van der Waals surface area contributed by atoms with Gasteiger partial charge in [-0.25, -0.2) is 18.4 Å². The number of anilines is 1. The average molecular weight is 393 g/mol. The van der Waals surface area contributed by atoms with E-state index in [-0.39, 0.29) is 4.90 Å². The molecule has 8 heteroatoms. The van der Waals surface area contributed by atoms with Crippen LogP contribution in [-0.2, 0) is 10.0 Å². The zero-order valence-corrected chi connectivity index (χ0v) is 16.2. The summed E-state index contributed by atoms with van der Waals surface area (Å²) >= 11 is 0. The van der Waals surface area contributed by atoms with E-state index in [2.05, 4.69) is 9.88 Å². The number of nitriles is 1. The maximum atomic E-state index is 12.9. The van der Waals surface area contributed by atoms with Gasteiger partial charge in [0.2, 0.25) is 10.0 Å². The molecular formula is C20H19N5O2S. The number of aromatic nitrogens is 2. The Bertz CT molecular complexity index is 1160. The van der Waals surface area contributed by atoms with Gasteiger partial charge in [0, 0.05) is 26.2 Å². The van der Waals surface area contributed by atoms with E-state index < -0.39 is 10.0 Å². The lowest BCUT2D eigenvalue weighted by Gasteiger charge is -2.35. The fourth-order valence-electron chi connectivity index (χ4n) is 3.37. The minimum atomic E-state index is -3.58. The van der Waals surface area contributed by atoms with Gasteiger partial charge in [-0.05, 0) is 43.3 Å². The second kappa shape index (κ2) is 7.19. The average Bonchev–Trinajstić information content (AvgIpc) is 2.73. The molecule has 7 nitrogen and oxygen atoms in total. The van der Waals surface area contributed by atoms with Crippen molar-refractivity contribution in [3.8, 4) is 6.07 Å². The third-order valence-corrected chi connectivity index (χ3v) is 6.79.